The van der Waals surface area contributed by atoms with Crippen molar-refractivity contribution < 1.29 is 4.42 Å². The highest BCUT2D eigenvalue weighted by molar-refractivity contribution is 6.98. The summed E-state index contributed by atoms with van der Waals surface area (Å²) < 4.78 is 8.82. The van der Waals surface area contributed by atoms with Crippen LogP contribution in [0.25, 0.3) is 60.2 Å². The molecule has 0 bridgehead atoms. The predicted molar refractivity (Wildman–Crippen MR) is 205 cm³/mol. The van der Waals surface area contributed by atoms with E-state index in [9.17, 15) is 0 Å². The normalized spacial score (nSPS) is 15.1. The highest BCUT2D eigenvalue weighted by Crippen LogP contribution is 2.47. The topological polar surface area (TPSA) is 31.0 Å². The van der Waals surface area contributed by atoms with Crippen LogP contribution in [0.2, 0.25) is 0 Å². The van der Waals surface area contributed by atoms with Crippen LogP contribution in [0.15, 0.2) is 126 Å². The quantitative estimate of drug-likeness (QED) is 0.170. The lowest BCUT2D eigenvalue weighted by atomic mass is 9.31. The van der Waals surface area contributed by atoms with Crippen molar-refractivity contribution in [1.29, 1.82) is 0 Å². The second-order valence-electron chi connectivity index (χ2n) is 15.1. The molecule has 2 aromatic heterocycles. The number of aromatic nitrogens is 2. The van der Waals surface area contributed by atoms with Gasteiger partial charge in [-0.25, -0.2) is 4.98 Å². The van der Waals surface area contributed by atoms with Crippen molar-refractivity contribution in [2.24, 2.45) is 0 Å². The molecule has 49 heavy (non-hydrogen) atoms. The Balaban J connectivity index is 1.32. The summed E-state index contributed by atoms with van der Waals surface area (Å²) in [6, 6.07) is 45.0. The molecule has 2 aliphatic rings. The number of furan rings is 1. The molecular formula is C45H33BN2O. The van der Waals surface area contributed by atoms with Gasteiger partial charge in [0.05, 0.1) is 22.5 Å². The fourth-order valence-corrected chi connectivity index (χ4v) is 9.21. The minimum Gasteiger partial charge on any atom is -0.456 e. The number of hydrogen-bond donors (Lipinski definition) is 0. The summed E-state index contributed by atoms with van der Waals surface area (Å²) in [4.78, 5) is 5.68. The van der Waals surface area contributed by atoms with Gasteiger partial charge in [-0.3, -0.25) is 4.57 Å². The first kappa shape index (κ1) is 27.4. The summed E-state index contributed by atoms with van der Waals surface area (Å²) in [5.41, 5.74) is 14.7. The number of para-hydroxylation sites is 1. The molecule has 0 fully saturated rings. The first-order valence-corrected chi connectivity index (χ1v) is 17.4. The van der Waals surface area contributed by atoms with Crippen LogP contribution in [-0.4, -0.2) is 16.3 Å². The highest BCUT2D eigenvalue weighted by Gasteiger charge is 2.44. The van der Waals surface area contributed by atoms with E-state index in [4.69, 9.17) is 9.40 Å². The number of rotatable bonds is 1. The van der Waals surface area contributed by atoms with E-state index in [1.807, 2.05) is 6.07 Å². The van der Waals surface area contributed by atoms with E-state index < -0.39 is 0 Å². The minimum atomic E-state index is -0.0157. The van der Waals surface area contributed by atoms with Crippen molar-refractivity contribution in [3.8, 4) is 5.69 Å². The molecule has 1 atom stereocenters. The Morgan fingerprint density at radius 2 is 1.47 bits per heavy atom. The lowest BCUT2D eigenvalue weighted by Gasteiger charge is -2.38. The van der Waals surface area contributed by atoms with Crippen LogP contribution < -0.4 is 16.4 Å². The fraction of sp³-hybridized carbons (Fsp3) is 0.133. The Bertz CT molecular complexity index is 2900. The summed E-state index contributed by atoms with van der Waals surface area (Å²) >= 11 is 0. The molecule has 0 aliphatic carbocycles. The van der Waals surface area contributed by atoms with E-state index in [1.54, 1.807) is 0 Å². The Morgan fingerprint density at radius 1 is 0.694 bits per heavy atom. The van der Waals surface area contributed by atoms with Gasteiger partial charge < -0.3 is 4.42 Å². The Morgan fingerprint density at radius 3 is 2.35 bits per heavy atom. The van der Waals surface area contributed by atoms with Crippen LogP contribution in [0.5, 0.6) is 0 Å². The Labute approximate surface area is 284 Å². The molecule has 0 spiro atoms. The molecule has 11 rings (SSSR count). The number of imidazole rings is 1. The van der Waals surface area contributed by atoms with Crippen LogP contribution in [-0.2, 0) is 5.41 Å². The van der Waals surface area contributed by atoms with E-state index >= 15 is 0 Å². The number of fused-ring (bicyclic) bond motifs is 12. The number of benzene rings is 7. The minimum absolute atomic E-state index is 0.000749. The molecule has 0 N–H and O–H groups in total. The molecule has 7 aromatic carbocycles. The first-order valence-electron chi connectivity index (χ1n) is 17.4. The molecule has 0 saturated heterocycles. The third-order valence-electron chi connectivity index (χ3n) is 11.4. The third kappa shape index (κ3) is 3.51. The highest BCUT2D eigenvalue weighted by atomic mass is 16.3. The van der Waals surface area contributed by atoms with E-state index in [0.29, 0.717) is 0 Å². The predicted octanol–water partition coefficient (Wildman–Crippen LogP) is 9.16. The van der Waals surface area contributed by atoms with Crippen molar-refractivity contribution >= 4 is 77.6 Å². The van der Waals surface area contributed by atoms with Gasteiger partial charge in [0.25, 0.3) is 0 Å². The monoisotopic (exact) mass is 628 g/mol. The van der Waals surface area contributed by atoms with Crippen LogP contribution in [0.3, 0.4) is 0 Å². The maximum Gasteiger partial charge on any atom is 0.243 e. The average Bonchev–Trinajstić information content (AvgIpc) is 3.69. The molecule has 4 heterocycles. The van der Waals surface area contributed by atoms with Gasteiger partial charge in [-0.1, -0.05) is 140 Å². The van der Waals surface area contributed by atoms with E-state index in [-0.39, 0.29) is 18.0 Å². The molecule has 3 nitrogen and oxygen atoms in total. The molecular weight excluding hydrogens is 595 g/mol. The first-order chi connectivity index (χ1) is 23.9. The lowest BCUT2D eigenvalue weighted by Crippen LogP contribution is -2.59. The third-order valence-corrected chi connectivity index (χ3v) is 11.4. The molecule has 2 aliphatic heterocycles. The zero-order valence-corrected chi connectivity index (χ0v) is 28.0. The average molecular weight is 629 g/mol. The number of hydrogen-bond acceptors (Lipinski definition) is 2. The molecule has 0 radical (unpaired) electrons. The maximum atomic E-state index is 6.37. The van der Waals surface area contributed by atoms with Crippen molar-refractivity contribution in [1.82, 2.24) is 9.55 Å². The molecule has 232 valence electrons. The lowest BCUT2D eigenvalue weighted by molar-refractivity contribution is 0.589. The summed E-state index contributed by atoms with van der Waals surface area (Å²) in [6.45, 7) is 9.35. The fourth-order valence-electron chi connectivity index (χ4n) is 9.21. The smallest absolute Gasteiger partial charge is 0.243 e. The largest absolute Gasteiger partial charge is 0.456 e. The number of nitrogens with zero attached hydrogens (tertiary/aromatic N) is 2. The van der Waals surface area contributed by atoms with E-state index in [2.05, 4.69) is 148 Å². The summed E-state index contributed by atoms with van der Waals surface area (Å²) in [7, 11) is 0. The summed E-state index contributed by atoms with van der Waals surface area (Å²) in [5.74, 6) is 1.07. The molecule has 4 heteroatoms. The van der Waals surface area contributed by atoms with E-state index in [0.717, 1.165) is 38.8 Å². The standard InChI is InChI=1S/C45H33BN2O/c1-25-16-17-26-10-5-6-12-29(26)42(25)46-32-21-19-28(45(2,3)4)24-31(32)40-41-33(46)20-18-27-11-9-14-34(38(27)41)48-35-22-23-37-39(43(35)47-44(40)48)30-13-7-8-15-36(30)49-37/h5-24,40H,1-4H3. The van der Waals surface area contributed by atoms with Crippen LogP contribution in [0.1, 0.15) is 54.8 Å². The zero-order valence-electron chi connectivity index (χ0n) is 28.0. The molecule has 0 amide bonds. The van der Waals surface area contributed by atoms with Gasteiger partial charge in [0, 0.05) is 10.8 Å². The second-order valence-corrected chi connectivity index (χ2v) is 15.1. The molecule has 9 aromatic rings. The SMILES string of the molecule is Cc1ccc2ccccc2c1B1c2ccc(C(C)(C)C)cc2C2c3c1ccc1cccc(c31)-n1c2nc2c3c(ccc21)oc1ccccc13. The maximum absolute atomic E-state index is 6.37. The van der Waals surface area contributed by atoms with Crippen molar-refractivity contribution in [2.75, 3.05) is 0 Å². The number of aryl methyl sites for hydroxylation is 1. The van der Waals surface area contributed by atoms with Gasteiger partial charge in [0.1, 0.15) is 22.5 Å². The van der Waals surface area contributed by atoms with Crippen molar-refractivity contribution in [3.63, 3.8) is 0 Å². The Kier molecular flexibility index (Phi) is 5.19. The van der Waals surface area contributed by atoms with Gasteiger partial charge in [0.15, 0.2) is 0 Å². The van der Waals surface area contributed by atoms with Crippen molar-refractivity contribution in [2.45, 2.75) is 39.0 Å². The van der Waals surface area contributed by atoms with E-state index in [1.165, 1.54) is 65.9 Å². The Hall–Kier alpha value is -5.61. The van der Waals surface area contributed by atoms with Gasteiger partial charge in [-0.2, -0.15) is 0 Å². The van der Waals surface area contributed by atoms with Crippen LogP contribution in [0, 0.1) is 6.92 Å². The van der Waals surface area contributed by atoms with Gasteiger partial charge in [-0.15, -0.1) is 0 Å². The van der Waals surface area contributed by atoms with Gasteiger partial charge >= 0.3 is 0 Å². The zero-order chi connectivity index (χ0) is 32.8. The van der Waals surface area contributed by atoms with Crippen LogP contribution in [0.4, 0.5) is 0 Å². The summed E-state index contributed by atoms with van der Waals surface area (Å²) in [5, 5.41) is 7.42. The van der Waals surface area contributed by atoms with Crippen molar-refractivity contribution in [3.05, 3.63) is 149 Å². The summed E-state index contributed by atoms with van der Waals surface area (Å²) in [6.07, 6.45) is 0. The van der Waals surface area contributed by atoms with Gasteiger partial charge in [0.2, 0.25) is 6.71 Å². The molecule has 1 unspecified atom stereocenters. The van der Waals surface area contributed by atoms with Crippen LogP contribution >= 0.6 is 0 Å². The molecule has 0 saturated carbocycles. The second kappa shape index (κ2) is 9.30. The van der Waals surface area contributed by atoms with Gasteiger partial charge in [-0.05, 0) is 69.5 Å².